The van der Waals surface area contributed by atoms with E-state index in [4.69, 9.17) is 0 Å². The minimum Gasteiger partial charge on any atom is -0.224 e. The Labute approximate surface area is 100 Å². The molecular formula is C12H13NO3S. The smallest absolute Gasteiger partial charge is 0.224 e. The molecule has 1 aromatic rings. The summed E-state index contributed by atoms with van der Waals surface area (Å²) in [4.78, 5) is 14.6. The summed E-state index contributed by atoms with van der Waals surface area (Å²) in [6.45, 7) is 0. The Bertz CT molecular complexity index is 564. The van der Waals surface area contributed by atoms with Gasteiger partial charge in [0.15, 0.2) is 9.84 Å². The van der Waals surface area contributed by atoms with Crippen LogP contribution >= 0.6 is 0 Å². The summed E-state index contributed by atoms with van der Waals surface area (Å²) in [6.07, 6.45) is 5.45. The highest BCUT2D eigenvalue weighted by molar-refractivity contribution is 7.90. The lowest BCUT2D eigenvalue weighted by atomic mass is 9.72. The van der Waals surface area contributed by atoms with Crippen LogP contribution in [0.3, 0.4) is 0 Å². The van der Waals surface area contributed by atoms with Gasteiger partial charge in [0.05, 0.1) is 10.4 Å². The van der Waals surface area contributed by atoms with Crippen LogP contribution in [-0.2, 0) is 20.2 Å². The van der Waals surface area contributed by atoms with Crippen molar-refractivity contribution in [2.45, 2.75) is 29.7 Å². The Hall–Kier alpha value is -1.45. The maximum atomic E-state index is 11.3. The fourth-order valence-corrected chi connectivity index (χ4v) is 2.71. The molecule has 1 aliphatic carbocycles. The molecule has 5 heteroatoms. The summed E-state index contributed by atoms with van der Waals surface area (Å²) in [5.41, 5.74) is 0.428. The molecule has 2 rings (SSSR count). The van der Waals surface area contributed by atoms with Crippen molar-refractivity contribution in [1.82, 2.24) is 0 Å². The van der Waals surface area contributed by atoms with Crippen molar-refractivity contribution in [2.75, 3.05) is 6.26 Å². The van der Waals surface area contributed by atoms with Crippen molar-refractivity contribution < 1.29 is 13.2 Å². The lowest BCUT2D eigenvalue weighted by Gasteiger charge is -2.37. The summed E-state index contributed by atoms with van der Waals surface area (Å²) >= 11 is 0. The molecule has 1 aliphatic rings. The van der Waals surface area contributed by atoms with Crippen LogP contribution in [0.5, 0.6) is 0 Å². The Balaban J connectivity index is 2.39. The van der Waals surface area contributed by atoms with E-state index in [-0.39, 0.29) is 4.90 Å². The van der Waals surface area contributed by atoms with Gasteiger partial charge >= 0.3 is 0 Å². The van der Waals surface area contributed by atoms with E-state index in [0.717, 1.165) is 24.8 Å². The third kappa shape index (κ3) is 2.16. The van der Waals surface area contributed by atoms with E-state index in [1.165, 1.54) is 6.26 Å². The van der Waals surface area contributed by atoms with Crippen LogP contribution in [0.15, 0.2) is 34.2 Å². The number of aliphatic imine (C=N–C) groups is 1. The number of nitrogens with zero attached hydrogens (tertiary/aromatic N) is 1. The Morgan fingerprint density at radius 3 is 2.18 bits per heavy atom. The van der Waals surface area contributed by atoms with Crippen molar-refractivity contribution in [1.29, 1.82) is 0 Å². The minimum atomic E-state index is -3.17. The third-order valence-electron chi connectivity index (χ3n) is 3.26. The zero-order valence-electron chi connectivity index (χ0n) is 9.51. The molecule has 17 heavy (non-hydrogen) atoms. The zero-order chi connectivity index (χ0) is 12.5. The molecular weight excluding hydrogens is 238 g/mol. The van der Waals surface area contributed by atoms with Gasteiger partial charge in [0, 0.05) is 6.26 Å². The maximum absolute atomic E-state index is 11.3. The molecule has 0 saturated heterocycles. The summed E-state index contributed by atoms with van der Waals surface area (Å²) in [5.74, 6) is 0. The average molecular weight is 251 g/mol. The molecule has 0 heterocycles. The first kappa shape index (κ1) is 12.0. The van der Waals surface area contributed by atoms with Gasteiger partial charge in [-0.05, 0) is 37.0 Å². The molecule has 0 aromatic heterocycles. The van der Waals surface area contributed by atoms with E-state index in [9.17, 15) is 13.2 Å². The van der Waals surface area contributed by atoms with Gasteiger partial charge in [0.25, 0.3) is 0 Å². The average Bonchev–Trinajstić information content (AvgIpc) is 2.22. The molecule has 4 nitrogen and oxygen atoms in total. The van der Waals surface area contributed by atoms with Crippen molar-refractivity contribution in [2.24, 2.45) is 4.99 Å². The molecule has 0 unspecified atom stereocenters. The van der Waals surface area contributed by atoms with Crippen LogP contribution in [0.2, 0.25) is 0 Å². The highest BCUT2D eigenvalue weighted by atomic mass is 32.2. The highest BCUT2D eigenvalue weighted by Gasteiger charge is 2.38. The molecule has 1 fully saturated rings. The monoisotopic (exact) mass is 251 g/mol. The van der Waals surface area contributed by atoms with Gasteiger partial charge in [-0.1, -0.05) is 12.1 Å². The van der Waals surface area contributed by atoms with E-state index in [2.05, 4.69) is 4.99 Å². The fourth-order valence-electron chi connectivity index (χ4n) is 2.08. The summed E-state index contributed by atoms with van der Waals surface area (Å²) in [6, 6.07) is 6.59. The van der Waals surface area contributed by atoms with Gasteiger partial charge in [-0.25, -0.2) is 13.2 Å². The van der Waals surface area contributed by atoms with E-state index in [1.54, 1.807) is 30.3 Å². The predicted molar refractivity (Wildman–Crippen MR) is 63.2 cm³/mol. The standard InChI is InChI=1S/C12H13NO3S/c1-17(15,16)11-5-3-10(4-6-11)12(13-9-14)7-2-8-12/h3-6H,2,7-8H2,1H3. The van der Waals surface area contributed by atoms with Crippen molar-refractivity contribution in [3.05, 3.63) is 29.8 Å². The molecule has 0 bridgehead atoms. The topological polar surface area (TPSA) is 63.6 Å². The van der Waals surface area contributed by atoms with Crippen molar-refractivity contribution in [3.8, 4) is 0 Å². The number of rotatable bonds is 3. The van der Waals surface area contributed by atoms with Gasteiger partial charge in [0.2, 0.25) is 6.08 Å². The second-order valence-corrected chi connectivity index (χ2v) is 6.40. The first-order valence-electron chi connectivity index (χ1n) is 5.38. The molecule has 90 valence electrons. The molecule has 0 aliphatic heterocycles. The van der Waals surface area contributed by atoms with Crippen LogP contribution in [0.4, 0.5) is 0 Å². The molecule has 1 aromatic carbocycles. The van der Waals surface area contributed by atoms with Crippen LogP contribution in [-0.4, -0.2) is 20.8 Å². The van der Waals surface area contributed by atoms with E-state index in [1.807, 2.05) is 0 Å². The number of hydrogen-bond donors (Lipinski definition) is 0. The van der Waals surface area contributed by atoms with E-state index < -0.39 is 15.4 Å². The summed E-state index contributed by atoms with van der Waals surface area (Å²) < 4.78 is 22.6. The van der Waals surface area contributed by atoms with Gasteiger partial charge < -0.3 is 0 Å². The number of isocyanates is 1. The molecule has 0 N–H and O–H groups in total. The second-order valence-electron chi connectivity index (χ2n) is 4.38. The number of hydrogen-bond acceptors (Lipinski definition) is 4. The Morgan fingerprint density at radius 1 is 1.24 bits per heavy atom. The predicted octanol–water partition coefficient (Wildman–Crippen LogP) is 1.81. The number of sulfone groups is 1. The van der Waals surface area contributed by atoms with Gasteiger partial charge in [0.1, 0.15) is 0 Å². The summed E-state index contributed by atoms with van der Waals surface area (Å²) in [7, 11) is -3.17. The number of benzene rings is 1. The fraction of sp³-hybridized carbons (Fsp3) is 0.417. The quantitative estimate of drug-likeness (QED) is 0.608. The first-order valence-corrected chi connectivity index (χ1v) is 7.27. The highest BCUT2D eigenvalue weighted by Crippen LogP contribution is 2.44. The minimum absolute atomic E-state index is 0.283. The van der Waals surface area contributed by atoms with E-state index >= 15 is 0 Å². The molecule has 0 radical (unpaired) electrons. The molecule has 0 atom stereocenters. The third-order valence-corrected chi connectivity index (χ3v) is 4.39. The summed E-state index contributed by atoms with van der Waals surface area (Å²) in [5, 5.41) is 0. The van der Waals surface area contributed by atoms with Crippen LogP contribution in [0.1, 0.15) is 24.8 Å². The van der Waals surface area contributed by atoms with Crippen LogP contribution in [0.25, 0.3) is 0 Å². The SMILES string of the molecule is CS(=O)(=O)c1ccc(C2(N=C=O)CCC2)cc1. The van der Waals surface area contributed by atoms with Gasteiger partial charge in [-0.15, -0.1) is 0 Å². The first-order chi connectivity index (χ1) is 7.98. The lowest BCUT2D eigenvalue weighted by Crippen LogP contribution is -2.31. The van der Waals surface area contributed by atoms with Gasteiger partial charge in [-0.3, -0.25) is 0 Å². The molecule has 1 saturated carbocycles. The van der Waals surface area contributed by atoms with Crippen LogP contribution in [0, 0.1) is 0 Å². The van der Waals surface area contributed by atoms with Crippen molar-refractivity contribution in [3.63, 3.8) is 0 Å². The van der Waals surface area contributed by atoms with Crippen LogP contribution < -0.4 is 0 Å². The number of carbonyl (C=O) groups excluding carboxylic acids is 1. The molecule has 0 spiro atoms. The van der Waals surface area contributed by atoms with Gasteiger partial charge in [-0.2, -0.15) is 4.99 Å². The second kappa shape index (κ2) is 4.09. The normalized spacial score (nSPS) is 17.9. The maximum Gasteiger partial charge on any atom is 0.235 e. The van der Waals surface area contributed by atoms with E-state index in [0.29, 0.717) is 0 Å². The Morgan fingerprint density at radius 2 is 1.82 bits per heavy atom. The Kier molecular flexibility index (Phi) is 2.89. The molecule has 0 amide bonds. The van der Waals surface area contributed by atoms with Crippen molar-refractivity contribution >= 4 is 15.9 Å². The lowest BCUT2D eigenvalue weighted by molar-refractivity contribution is 0.256. The zero-order valence-corrected chi connectivity index (χ0v) is 10.3. The largest absolute Gasteiger partial charge is 0.235 e.